The molecule has 0 aromatic heterocycles. The number of esters is 1. The van der Waals surface area contributed by atoms with Crippen molar-refractivity contribution in [2.24, 2.45) is 5.92 Å². The minimum Gasteiger partial charge on any atom is -0.468 e. The summed E-state index contributed by atoms with van der Waals surface area (Å²) >= 11 is 0. The fraction of sp³-hybridized carbons (Fsp3) is 0.714. The number of hydrogen-bond donors (Lipinski definition) is 1. The van der Waals surface area contributed by atoms with E-state index >= 15 is 0 Å². The molecule has 11 heavy (non-hydrogen) atoms. The summed E-state index contributed by atoms with van der Waals surface area (Å²) < 4.78 is 4.38. The predicted molar refractivity (Wildman–Crippen MR) is 39.9 cm³/mol. The van der Waals surface area contributed by atoms with Crippen LogP contribution in [0, 0.1) is 5.92 Å². The summed E-state index contributed by atoms with van der Waals surface area (Å²) in [6.45, 7) is 3.83. The Morgan fingerprint density at radius 2 is 2.09 bits per heavy atom. The predicted octanol–water partition coefficient (Wildman–Crippen LogP) is -0.0684. The molecule has 1 N–H and O–H groups in total. The molecule has 1 unspecified atom stereocenters. The monoisotopic (exact) mass is 159 g/mol. The van der Waals surface area contributed by atoms with Crippen LogP contribution in [0.5, 0.6) is 0 Å². The molecule has 0 fully saturated rings. The van der Waals surface area contributed by atoms with Crippen LogP contribution in [-0.4, -0.2) is 25.5 Å². The van der Waals surface area contributed by atoms with Crippen LogP contribution >= 0.6 is 0 Å². The fourth-order valence-electron chi connectivity index (χ4n) is 0.611. The first-order valence-electron chi connectivity index (χ1n) is 3.49. The zero-order valence-corrected chi connectivity index (χ0v) is 7.01. The maximum Gasteiger partial charge on any atom is 0.317 e. The zero-order valence-electron chi connectivity index (χ0n) is 7.01. The van der Waals surface area contributed by atoms with Gasteiger partial charge < -0.3 is 10.1 Å². The highest BCUT2D eigenvalue weighted by Gasteiger charge is 2.20. The van der Waals surface area contributed by atoms with Crippen LogP contribution in [0.25, 0.3) is 0 Å². The van der Waals surface area contributed by atoms with E-state index in [4.69, 9.17) is 0 Å². The first-order chi connectivity index (χ1) is 5.13. The van der Waals surface area contributed by atoms with Gasteiger partial charge >= 0.3 is 5.97 Å². The number of hydrogen-bond acceptors (Lipinski definition) is 3. The third-order valence-electron chi connectivity index (χ3n) is 1.30. The Bertz CT molecular complexity index is 156. The molecule has 0 saturated carbocycles. The van der Waals surface area contributed by atoms with Gasteiger partial charge in [-0.05, 0) is 13.8 Å². The van der Waals surface area contributed by atoms with E-state index in [1.807, 2.05) is 0 Å². The molecular weight excluding hydrogens is 146 g/mol. The Morgan fingerprint density at radius 1 is 1.55 bits per heavy atom. The fourth-order valence-corrected chi connectivity index (χ4v) is 0.611. The van der Waals surface area contributed by atoms with Crippen molar-refractivity contribution in [3.8, 4) is 0 Å². The molecule has 4 heteroatoms. The van der Waals surface area contributed by atoms with E-state index in [0.29, 0.717) is 6.54 Å². The van der Waals surface area contributed by atoms with E-state index < -0.39 is 11.9 Å². The van der Waals surface area contributed by atoms with Crippen molar-refractivity contribution in [3.63, 3.8) is 0 Å². The van der Waals surface area contributed by atoms with Crippen molar-refractivity contribution in [1.82, 2.24) is 5.32 Å². The Kier molecular flexibility index (Phi) is 4.26. The van der Waals surface area contributed by atoms with Crippen molar-refractivity contribution >= 4 is 11.9 Å². The highest BCUT2D eigenvalue weighted by Crippen LogP contribution is 1.96. The minimum absolute atomic E-state index is 0.292. The average Bonchev–Trinajstić information content (AvgIpc) is 2.02. The lowest BCUT2D eigenvalue weighted by Crippen LogP contribution is -2.33. The summed E-state index contributed by atoms with van der Waals surface area (Å²) in [4.78, 5) is 21.7. The second kappa shape index (κ2) is 4.71. The van der Waals surface area contributed by atoms with Gasteiger partial charge in [-0.15, -0.1) is 0 Å². The van der Waals surface area contributed by atoms with Crippen LogP contribution in [0.15, 0.2) is 0 Å². The average molecular weight is 159 g/mol. The molecule has 0 saturated heterocycles. The molecule has 0 aliphatic heterocycles. The van der Waals surface area contributed by atoms with Gasteiger partial charge in [0.1, 0.15) is 5.92 Å². The Balaban J connectivity index is 3.91. The van der Waals surface area contributed by atoms with Gasteiger partial charge in [-0.1, -0.05) is 0 Å². The summed E-state index contributed by atoms with van der Waals surface area (Å²) in [7, 11) is 1.26. The molecule has 1 amide bonds. The summed E-state index contributed by atoms with van der Waals surface area (Å²) in [5.74, 6) is -1.50. The van der Waals surface area contributed by atoms with Gasteiger partial charge in [0.2, 0.25) is 5.91 Å². The third-order valence-corrected chi connectivity index (χ3v) is 1.30. The summed E-state index contributed by atoms with van der Waals surface area (Å²) in [6.07, 6.45) is 0. The lowest BCUT2D eigenvalue weighted by molar-refractivity contribution is -0.149. The molecule has 0 rings (SSSR count). The van der Waals surface area contributed by atoms with Crippen molar-refractivity contribution < 1.29 is 14.3 Å². The van der Waals surface area contributed by atoms with Crippen LogP contribution in [0.4, 0.5) is 0 Å². The largest absolute Gasteiger partial charge is 0.468 e. The number of rotatable bonds is 3. The van der Waals surface area contributed by atoms with Crippen molar-refractivity contribution in [2.75, 3.05) is 13.7 Å². The summed E-state index contributed by atoms with van der Waals surface area (Å²) in [6, 6.07) is 0. The second-order valence-electron chi connectivity index (χ2n) is 2.14. The highest BCUT2D eigenvalue weighted by molar-refractivity contribution is 5.97. The van der Waals surface area contributed by atoms with E-state index in [-0.39, 0.29) is 5.91 Å². The first kappa shape index (κ1) is 9.94. The van der Waals surface area contributed by atoms with Crippen molar-refractivity contribution in [2.45, 2.75) is 13.8 Å². The third kappa shape index (κ3) is 3.02. The zero-order chi connectivity index (χ0) is 8.85. The van der Waals surface area contributed by atoms with Gasteiger partial charge in [-0.3, -0.25) is 9.59 Å². The SMILES string of the molecule is CCNC(=O)C(C)C(=O)OC. The molecule has 0 bridgehead atoms. The Hall–Kier alpha value is -1.06. The molecule has 0 aromatic carbocycles. The minimum atomic E-state index is -0.708. The Labute approximate surface area is 65.9 Å². The molecule has 0 heterocycles. The highest BCUT2D eigenvalue weighted by atomic mass is 16.5. The van der Waals surface area contributed by atoms with Gasteiger partial charge in [0.25, 0.3) is 0 Å². The van der Waals surface area contributed by atoms with Gasteiger partial charge in [0, 0.05) is 6.54 Å². The van der Waals surface area contributed by atoms with E-state index in [1.54, 1.807) is 6.92 Å². The summed E-state index contributed by atoms with van der Waals surface area (Å²) in [5.41, 5.74) is 0. The van der Waals surface area contributed by atoms with Crippen LogP contribution in [0.3, 0.4) is 0 Å². The molecule has 0 aliphatic rings. The quantitative estimate of drug-likeness (QED) is 0.463. The standard InChI is InChI=1S/C7H13NO3/c1-4-8-6(9)5(2)7(10)11-3/h5H,4H2,1-3H3,(H,8,9). The number of methoxy groups -OCH3 is 1. The topological polar surface area (TPSA) is 55.4 Å². The van der Waals surface area contributed by atoms with Gasteiger partial charge in [-0.25, -0.2) is 0 Å². The van der Waals surface area contributed by atoms with Crippen LogP contribution in [0.1, 0.15) is 13.8 Å². The maximum absolute atomic E-state index is 10.9. The first-order valence-corrected chi connectivity index (χ1v) is 3.49. The summed E-state index contributed by atoms with van der Waals surface area (Å²) in [5, 5.41) is 2.52. The van der Waals surface area contributed by atoms with Crippen molar-refractivity contribution in [3.05, 3.63) is 0 Å². The van der Waals surface area contributed by atoms with Gasteiger partial charge in [0.15, 0.2) is 0 Å². The van der Waals surface area contributed by atoms with E-state index in [9.17, 15) is 9.59 Å². The normalized spacial score (nSPS) is 11.9. The molecule has 0 aromatic rings. The van der Waals surface area contributed by atoms with Gasteiger partial charge in [0.05, 0.1) is 7.11 Å². The van der Waals surface area contributed by atoms with Crippen LogP contribution in [0.2, 0.25) is 0 Å². The Morgan fingerprint density at radius 3 is 2.45 bits per heavy atom. The molecular formula is C7H13NO3. The molecule has 0 spiro atoms. The lowest BCUT2D eigenvalue weighted by atomic mass is 10.2. The number of carbonyl (C=O) groups excluding carboxylic acids is 2. The molecule has 0 radical (unpaired) electrons. The number of amides is 1. The number of nitrogens with one attached hydrogen (secondary N) is 1. The number of ether oxygens (including phenoxy) is 1. The lowest BCUT2D eigenvalue weighted by Gasteiger charge is -2.07. The molecule has 0 aliphatic carbocycles. The van der Waals surface area contributed by atoms with Gasteiger partial charge in [-0.2, -0.15) is 0 Å². The van der Waals surface area contributed by atoms with Crippen LogP contribution < -0.4 is 5.32 Å². The molecule has 64 valence electrons. The van der Waals surface area contributed by atoms with E-state index in [0.717, 1.165) is 0 Å². The number of carbonyl (C=O) groups is 2. The molecule has 1 atom stereocenters. The molecule has 4 nitrogen and oxygen atoms in total. The van der Waals surface area contributed by atoms with Crippen molar-refractivity contribution in [1.29, 1.82) is 0 Å². The smallest absolute Gasteiger partial charge is 0.317 e. The van der Waals surface area contributed by atoms with E-state index in [2.05, 4.69) is 10.1 Å². The van der Waals surface area contributed by atoms with E-state index in [1.165, 1.54) is 14.0 Å². The second-order valence-corrected chi connectivity index (χ2v) is 2.14. The van der Waals surface area contributed by atoms with Crippen LogP contribution in [-0.2, 0) is 14.3 Å². The maximum atomic E-state index is 10.9.